The third-order valence-corrected chi connectivity index (χ3v) is 5.81. The first-order valence-electron chi connectivity index (χ1n) is 6.29. The fourth-order valence-electron chi connectivity index (χ4n) is 3.24. The van der Waals surface area contributed by atoms with Gasteiger partial charge in [-0.3, -0.25) is 4.21 Å². The Morgan fingerprint density at radius 2 is 2.20 bits per heavy atom. The summed E-state index contributed by atoms with van der Waals surface area (Å²) in [5.74, 6) is 4.27. The van der Waals surface area contributed by atoms with E-state index in [0.29, 0.717) is 5.75 Å². The second kappa shape index (κ2) is 4.96. The zero-order chi connectivity index (χ0) is 10.8. The van der Waals surface area contributed by atoms with Gasteiger partial charge in [-0.1, -0.05) is 13.3 Å². The van der Waals surface area contributed by atoms with Crippen molar-refractivity contribution in [2.45, 2.75) is 45.1 Å². The van der Waals surface area contributed by atoms with Crippen molar-refractivity contribution in [3.05, 3.63) is 0 Å². The van der Waals surface area contributed by atoms with Gasteiger partial charge < -0.3 is 5.73 Å². The molecule has 5 atom stereocenters. The van der Waals surface area contributed by atoms with Gasteiger partial charge in [0.05, 0.1) is 0 Å². The van der Waals surface area contributed by atoms with E-state index in [2.05, 4.69) is 6.92 Å². The van der Waals surface area contributed by atoms with Crippen molar-refractivity contribution in [3.63, 3.8) is 0 Å². The van der Waals surface area contributed by atoms with E-state index in [1.165, 1.54) is 25.7 Å². The van der Waals surface area contributed by atoms with Crippen LogP contribution in [0.3, 0.4) is 0 Å². The number of hydrogen-bond acceptors (Lipinski definition) is 2. The first-order valence-corrected chi connectivity index (χ1v) is 7.78. The fourth-order valence-corrected chi connectivity index (χ4v) is 4.98. The highest BCUT2D eigenvalue weighted by molar-refractivity contribution is 7.85. The Morgan fingerprint density at radius 3 is 2.73 bits per heavy atom. The lowest BCUT2D eigenvalue weighted by Crippen LogP contribution is -2.29. The van der Waals surface area contributed by atoms with Crippen molar-refractivity contribution in [1.82, 2.24) is 0 Å². The Kier molecular flexibility index (Phi) is 3.83. The van der Waals surface area contributed by atoms with Crippen molar-refractivity contribution in [2.75, 3.05) is 11.5 Å². The molecule has 0 aromatic heterocycles. The average Bonchev–Trinajstić information content (AvgIpc) is 2.78. The highest BCUT2D eigenvalue weighted by Gasteiger charge is 2.39. The number of nitrogens with two attached hydrogens (primary N) is 1. The summed E-state index contributed by atoms with van der Waals surface area (Å²) in [4.78, 5) is 0. The van der Waals surface area contributed by atoms with E-state index in [0.717, 1.165) is 29.9 Å². The lowest BCUT2D eigenvalue weighted by atomic mass is 9.90. The summed E-state index contributed by atoms with van der Waals surface area (Å²) in [5.41, 5.74) is 5.83. The SMILES string of the molecule is CCC(N)CS(=O)CC1CC2CCC1C2. The molecule has 0 saturated heterocycles. The molecule has 3 heteroatoms. The molecular formula is C12H23NOS. The smallest absolute Gasteiger partial charge is 0.0386 e. The summed E-state index contributed by atoms with van der Waals surface area (Å²) in [5, 5.41) is 0. The Balaban J connectivity index is 1.75. The summed E-state index contributed by atoms with van der Waals surface area (Å²) in [6.45, 7) is 2.07. The molecule has 2 N–H and O–H groups in total. The molecule has 0 aliphatic heterocycles. The van der Waals surface area contributed by atoms with E-state index >= 15 is 0 Å². The van der Waals surface area contributed by atoms with Crippen LogP contribution in [-0.2, 0) is 10.8 Å². The van der Waals surface area contributed by atoms with Crippen molar-refractivity contribution in [1.29, 1.82) is 0 Å². The van der Waals surface area contributed by atoms with Crippen LogP contribution in [0.5, 0.6) is 0 Å². The number of fused-ring (bicyclic) bond motifs is 2. The molecule has 2 aliphatic carbocycles. The second-order valence-corrected chi connectivity index (χ2v) is 6.92. The zero-order valence-electron chi connectivity index (χ0n) is 9.65. The maximum Gasteiger partial charge on any atom is 0.0386 e. The molecule has 15 heavy (non-hydrogen) atoms. The maximum absolute atomic E-state index is 11.9. The quantitative estimate of drug-likeness (QED) is 0.782. The molecule has 2 aliphatic rings. The summed E-state index contributed by atoms with van der Waals surface area (Å²) >= 11 is 0. The van der Waals surface area contributed by atoms with Gasteiger partial charge in [0.15, 0.2) is 0 Å². The summed E-state index contributed by atoms with van der Waals surface area (Å²) in [6, 6.07) is 0.143. The minimum absolute atomic E-state index is 0.143. The van der Waals surface area contributed by atoms with Crippen LogP contribution in [0.15, 0.2) is 0 Å². The number of hydrogen-bond donors (Lipinski definition) is 1. The molecule has 0 spiro atoms. The molecule has 0 radical (unpaired) electrons. The van der Waals surface area contributed by atoms with Gasteiger partial charge in [-0.2, -0.15) is 0 Å². The predicted octanol–water partition coefficient (Wildman–Crippen LogP) is 1.91. The van der Waals surface area contributed by atoms with Crippen LogP contribution in [0.4, 0.5) is 0 Å². The van der Waals surface area contributed by atoms with E-state index in [9.17, 15) is 4.21 Å². The molecule has 0 amide bonds. The van der Waals surface area contributed by atoms with Crippen LogP contribution in [0.1, 0.15) is 39.0 Å². The predicted molar refractivity (Wildman–Crippen MR) is 65.1 cm³/mol. The minimum atomic E-state index is -0.667. The van der Waals surface area contributed by atoms with Crippen LogP contribution in [-0.4, -0.2) is 21.8 Å². The van der Waals surface area contributed by atoms with Gasteiger partial charge in [0, 0.05) is 28.3 Å². The topological polar surface area (TPSA) is 43.1 Å². The van der Waals surface area contributed by atoms with E-state index < -0.39 is 10.8 Å². The third-order valence-electron chi connectivity index (χ3n) is 4.21. The van der Waals surface area contributed by atoms with Crippen LogP contribution < -0.4 is 5.73 Å². The highest BCUT2D eigenvalue weighted by Crippen LogP contribution is 2.48. The second-order valence-electron chi connectivity index (χ2n) is 5.38. The first-order chi connectivity index (χ1) is 7.19. The standard InChI is InChI=1S/C12H23NOS/c1-2-12(13)8-15(14)7-11-6-9-3-4-10(11)5-9/h9-12H,2-8,13H2,1H3. The summed E-state index contributed by atoms with van der Waals surface area (Å²) < 4.78 is 11.9. The maximum atomic E-state index is 11.9. The van der Waals surface area contributed by atoms with Gasteiger partial charge in [0.1, 0.15) is 0 Å². The molecule has 2 bridgehead atoms. The first kappa shape index (κ1) is 11.6. The normalized spacial score (nSPS) is 38.1. The van der Waals surface area contributed by atoms with E-state index in [1.54, 1.807) is 0 Å². The Labute approximate surface area is 95.5 Å². The lowest BCUT2D eigenvalue weighted by molar-refractivity contribution is 0.363. The highest BCUT2D eigenvalue weighted by atomic mass is 32.2. The van der Waals surface area contributed by atoms with Gasteiger partial charge in [0.25, 0.3) is 0 Å². The molecule has 2 saturated carbocycles. The minimum Gasteiger partial charge on any atom is -0.327 e. The third kappa shape index (κ3) is 2.82. The van der Waals surface area contributed by atoms with Gasteiger partial charge in [-0.05, 0) is 43.4 Å². The van der Waals surface area contributed by atoms with Crippen LogP contribution >= 0.6 is 0 Å². The fraction of sp³-hybridized carbons (Fsp3) is 1.00. The molecule has 5 unspecified atom stereocenters. The molecule has 2 nitrogen and oxygen atoms in total. The largest absolute Gasteiger partial charge is 0.327 e. The van der Waals surface area contributed by atoms with E-state index in [-0.39, 0.29) is 6.04 Å². The summed E-state index contributed by atoms with van der Waals surface area (Å²) in [7, 11) is -0.667. The van der Waals surface area contributed by atoms with Crippen LogP contribution in [0, 0.1) is 17.8 Å². The van der Waals surface area contributed by atoms with E-state index in [1.807, 2.05) is 0 Å². The van der Waals surface area contributed by atoms with Crippen molar-refractivity contribution in [2.24, 2.45) is 23.5 Å². The summed E-state index contributed by atoms with van der Waals surface area (Å²) in [6.07, 6.45) is 6.54. The van der Waals surface area contributed by atoms with Gasteiger partial charge >= 0.3 is 0 Å². The Hall–Kier alpha value is 0.110. The van der Waals surface area contributed by atoms with Gasteiger partial charge in [-0.15, -0.1) is 0 Å². The number of rotatable bonds is 5. The van der Waals surface area contributed by atoms with Crippen molar-refractivity contribution < 1.29 is 4.21 Å². The van der Waals surface area contributed by atoms with E-state index in [4.69, 9.17) is 5.73 Å². The lowest BCUT2D eigenvalue weighted by Gasteiger charge is -2.21. The molecule has 0 heterocycles. The van der Waals surface area contributed by atoms with Gasteiger partial charge in [0.2, 0.25) is 0 Å². The van der Waals surface area contributed by atoms with Crippen molar-refractivity contribution >= 4 is 10.8 Å². The molecule has 2 fully saturated rings. The van der Waals surface area contributed by atoms with Crippen LogP contribution in [0.25, 0.3) is 0 Å². The molecule has 0 aromatic rings. The zero-order valence-corrected chi connectivity index (χ0v) is 10.5. The molecule has 88 valence electrons. The molecule has 0 aromatic carbocycles. The Bertz CT molecular complexity index is 244. The van der Waals surface area contributed by atoms with Gasteiger partial charge in [-0.25, -0.2) is 0 Å². The van der Waals surface area contributed by atoms with Crippen molar-refractivity contribution in [3.8, 4) is 0 Å². The monoisotopic (exact) mass is 229 g/mol. The molecule has 2 rings (SSSR count). The average molecular weight is 229 g/mol. The molecular weight excluding hydrogens is 206 g/mol. The van der Waals surface area contributed by atoms with Crippen LogP contribution in [0.2, 0.25) is 0 Å². The Morgan fingerprint density at radius 1 is 1.40 bits per heavy atom.